The normalized spacial score (nSPS) is 10.7. The van der Waals surface area contributed by atoms with Crippen LogP contribution < -0.4 is 10.6 Å². The molecule has 3 rings (SSSR count). The highest BCUT2D eigenvalue weighted by Crippen LogP contribution is 2.16. The van der Waals surface area contributed by atoms with E-state index in [9.17, 15) is 18.4 Å². The third-order valence-corrected chi connectivity index (χ3v) is 4.21. The zero-order valence-corrected chi connectivity index (χ0v) is 14.1. The number of hydrogen-bond donors (Lipinski definition) is 2. The summed E-state index contributed by atoms with van der Waals surface area (Å²) >= 11 is 1.18. The Labute approximate surface area is 150 Å². The number of carbonyl (C=O) groups excluding carboxylic acids is 2. The molecule has 0 atom stereocenters. The van der Waals surface area contributed by atoms with Crippen LogP contribution in [0.25, 0.3) is 5.65 Å². The summed E-state index contributed by atoms with van der Waals surface area (Å²) in [5, 5.41) is 13.3. The molecule has 0 spiro atoms. The van der Waals surface area contributed by atoms with E-state index in [0.29, 0.717) is 10.8 Å². The van der Waals surface area contributed by atoms with Crippen LogP contribution in [-0.4, -0.2) is 38.7 Å². The first-order chi connectivity index (χ1) is 12.5. The van der Waals surface area contributed by atoms with Gasteiger partial charge < -0.3 is 10.6 Å². The minimum absolute atomic E-state index is 0.0497. The molecule has 26 heavy (non-hydrogen) atoms. The summed E-state index contributed by atoms with van der Waals surface area (Å²) in [4.78, 5) is 23.6. The third kappa shape index (κ3) is 4.33. The monoisotopic (exact) mass is 377 g/mol. The number of benzene rings is 1. The first kappa shape index (κ1) is 17.8. The summed E-state index contributed by atoms with van der Waals surface area (Å²) < 4.78 is 27.7. The van der Waals surface area contributed by atoms with E-state index in [-0.39, 0.29) is 23.9 Å². The fourth-order valence-electron chi connectivity index (χ4n) is 2.06. The second-order valence-electron chi connectivity index (χ2n) is 5.15. The lowest BCUT2D eigenvalue weighted by atomic mass is 10.3. The van der Waals surface area contributed by atoms with Gasteiger partial charge in [-0.25, -0.2) is 8.78 Å². The van der Waals surface area contributed by atoms with Crippen molar-refractivity contribution in [2.24, 2.45) is 0 Å². The van der Waals surface area contributed by atoms with Gasteiger partial charge in [0.2, 0.25) is 11.8 Å². The van der Waals surface area contributed by atoms with Crippen molar-refractivity contribution in [2.45, 2.75) is 5.16 Å². The largest absolute Gasteiger partial charge is 0.346 e. The van der Waals surface area contributed by atoms with Gasteiger partial charge >= 0.3 is 0 Å². The molecule has 2 aromatic heterocycles. The van der Waals surface area contributed by atoms with Crippen LogP contribution in [0.4, 0.5) is 14.5 Å². The van der Waals surface area contributed by atoms with Gasteiger partial charge in [-0.3, -0.25) is 14.0 Å². The number of hydrogen-bond acceptors (Lipinski definition) is 5. The lowest BCUT2D eigenvalue weighted by Crippen LogP contribution is -2.33. The summed E-state index contributed by atoms with van der Waals surface area (Å²) in [6.07, 6.45) is 1.78. The number of rotatable bonds is 6. The molecule has 2 N–H and O–H groups in total. The smallest absolute Gasteiger partial charge is 0.243 e. The van der Waals surface area contributed by atoms with Gasteiger partial charge in [-0.15, -0.1) is 10.2 Å². The number of anilines is 1. The van der Waals surface area contributed by atoms with Crippen LogP contribution >= 0.6 is 11.8 Å². The van der Waals surface area contributed by atoms with Gasteiger partial charge in [-0.05, 0) is 24.3 Å². The molecule has 0 aliphatic rings. The lowest BCUT2D eigenvalue weighted by molar-refractivity contribution is -0.122. The Kier molecular flexibility index (Phi) is 5.42. The molecule has 2 amide bonds. The van der Waals surface area contributed by atoms with Crippen molar-refractivity contribution in [2.75, 3.05) is 17.6 Å². The first-order valence-corrected chi connectivity index (χ1v) is 8.45. The van der Waals surface area contributed by atoms with Crippen molar-refractivity contribution in [1.29, 1.82) is 0 Å². The van der Waals surface area contributed by atoms with Gasteiger partial charge in [-0.1, -0.05) is 17.8 Å². The summed E-state index contributed by atoms with van der Waals surface area (Å²) in [6.45, 7) is -0.293. The Morgan fingerprint density at radius 2 is 1.92 bits per heavy atom. The van der Waals surface area contributed by atoms with Gasteiger partial charge in [0.05, 0.1) is 12.3 Å². The van der Waals surface area contributed by atoms with Crippen LogP contribution in [-0.2, 0) is 9.59 Å². The lowest BCUT2D eigenvalue weighted by Gasteiger charge is -2.07. The Hall–Kier alpha value is -3.01. The highest BCUT2D eigenvalue weighted by Gasteiger charge is 2.11. The Morgan fingerprint density at radius 1 is 1.08 bits per heavy atom. The maximum absolute atomic E-state index is 13.1. The maximum Gasteiger partial charge on any atom is 0.243 e. The quantitative estimate of drug-likeness (QED) is 0.640. The molecule has 0 unspecified atom stereocenters. The molecule has 3 aromatic rings. The number of carbonyl (C=O) groups is 2. The molecule has 0 bridgehead atoms. The van der Waals surface area contributed by atoms with Crippen molar-refractivity contribution in [1.82, 2.24) is 19.9 Å². The van der Waals surface area contributed by atoms with E-state index in [2.05, 4.69) is 20.8 Å². The molecule has 134 valence electrons. The second-order valence-corrected chi connectivity index (χ2v) is 6.10. The molecule has 0 aliphatic carbocycles. The molecule has 2 heterocycles. The third-order valence-electron chi connectivity index (χ3n) is 3.26. The number of nitrogens with zero attached hydrogens (tertiary/aromatic N) is 3. The van der Waals surface area contributed by atoms with E-state index in [0.717, 1.165) is 12.1 Å². The zero-order valence-electron chi connectivity index (χ0n) is 13.3. The van der Waals surface area contributed by atoms with Crippen molar-refractivity contribution in [3.63, 3.8) is 0 Å². The van der Waals surface area contributed by atoms with E-state index in [1.807, 2.05) is 12.1 Å². The first-order valence-electron chi connectivity index (χ1n) is 7.47. The van der Waals surface area contributed by atoms with Crippen LogP contribution in [0.2, 0.25) is 0 Å². The highest BCUT2D eigenvalue weighted by atomic mass is 32.2. The Balaban J connectivity index is 1.46. The van der Waals surface area contributed by atoms with Crippen LogP contribution in [0.3, 0.4) is 0 Å². The van der Waals surface area contributed by atoms with Crippen LogP contribution in [0, 0.1) is 11.6 Å². The van der Waals surface area contributed by atoms with E-state index < -0.39 is 17.5 Å². The number of thioether (sulfide) groups is 1. The fourth-order valence-corrected chi connectivity index (χ4v) is 2.81. The van der Waals surface area contributed by atoms with Crippen LogP contribution in [0.1, 0.15) is 0 Å². The van der Waals surface area contributed by atoms with Crippen molar-refractivity contribution >= 4 is 34.9 Å². The highest BCUT2D eigenvalue weighted by molar-refractivity contribution is 7.99. The minimum Gasteiger partial charge on any atom is -0.346 e. The molecule has 0 radical (unpaired) electrons. The van der Waals surface area contributed by atoms with Gasteiger partial charge in [0.15, 0.2) is 22.4 Å². The summed E-state index contributed by atoms with van der Waals surface area (Å²) in [5.41, 5.74) is 0.772. The molecule has 0 saturated heterocycles. The Bertz CT molecular complexity index is 963. The predicted molar refractivity (Wildman–Crippen MR) is 91.7 cm³/mol. The summed E-state index contributed by atoms with van der Waals surface area (Å²) in [6, 6.07) is 8.44. The number of aromatic nitrogens is 3. The van der Waals surface area contributed by atoms with E-state index >= 15 is 0 Å². The number of nitrogens with one attached hydrogen (secondary N) is 2. The van der Waals surface area contributed by atoms with Crippen molar-refractivity contribution < 1.29 is 18.4 Å². The molecule has 0 saturated carbocycles. The summed E-state index contributed by atoms with van der Waals surface area (Å²) in [7, 11) is 0. The van der Waals surface area contributed by atoms with Crippen LogP contribution in [0.5, 0.6) is 0 Å². The van der Waals surface area contributed by atoms with Gasteiger partial charge in [0, 0.05) is 18.0 Å². The molecule has 7 nitrogen and oxygen atoms in total. The number of fused-ring (bicyclic) bond motifs is 1. The minimum atomic E-state index is -1.07. The van der Waals surface area contributed by atoms with E-state index in [1.165, 1.54) is 17.8 Å². The van der Waals surface area contributed by atoms with Gasteiger partial charge in [0.25, 0.3) is 0 Å². The topological polar surface area (TPSA) is 88.4 Å². The fraction of sp³-hybridized carbons (Fsp3) is 0.125. The second kappa shape index (κ2) is 7.91. The Morgan fingerprint density at radius 3 is 2.73 bits per heavy atom. The summed E-state index contributed by atoms with van der Waals surface area (Å²) in [5.74, 6) is -2.95. The number of halogens is 2. The van der Waals surface area contributed by atoms with Crippen LogP contribution in [0.15, 0.2) is 47.8 Å². The molecular formula is C16H13F2N5O2S. The number of amides is 2. The van der Waals surface area contributed by atoms with Gasteiger partial charge in [-0.2, -0.15) is 0 Å². The molecule has 10 heteroatoms. The molecule has 0 aliphatic heterocycles. The van der Waals surface area contributed by atoms with E-state index in [1.54, 1.807) is 16.7 Å². The zero-order chi connectivity index (χ0) is 18.5. The standard InChI is InChI=1S/C16H13F2N5O2S/c17-11-5-4-10(7-12(11)18)20-14(24)8-19-15(25)9-26-16-22-21-13-3-1-2-6-23(13)16/h1-7H,8-9H2,(H,19,25)(H,20,24). The average molecular weight is 377 g/mol. The van der Waals surface area contributed by atoms with Crippen molar-refractivity contribution in [3.05, 3.63) is 54.2 Å². The number of pyridine rings is 1. The van der Waals surface area contributed by atoms with Gasteiger partial charge in [0.1, 0.15) is 0 Å². The molecule has 1 aromatic carbocycles. The SMILES string of the molecule is O=C(CSc1nnc2ccccn12)NCC(=O)Nc1ccc(F)c(F)c1. The van der Waals surface area contributed by atoms with E-state index in [4.69, 9.17) is 0 Å². The predicted octanol–water partition coefficient (Wildman–Crippen LogP) is 1.85. The molecule has 0 fully saturated rings. The maximum atomic E-state index is 13.1. The average Bonchev–Trinajstić information content (AvgIpc) is 3.04. The van der Waals surface area contributed by atoms with Crippen molar-refractivity contribution in [3.8, 4) is 0 Å². The molecular weight excluding hydrogens is 364 g/mol.